The van der Waals surface area contributed by atoms with Crippen LogP contribution in [0.15, 0.2) is 18.3 Å². The second kappa shape index (κ2) is 5.66. The highest BCUT2D eigenvalue weighted by Gasteiger charge is 2.17. The van der Waals surface area contributed by atoms with Gasteiger partial charge in [-0.25, -0.2) is 4.98 Å². The molecule has 0 radical (unpaired) electrons. The van der Waals surface area contributed by atoms with Gasteiger partial charge >= 0.3 is 0 Å². The molecule has 2 rings (SSSR count). The number of rotatable bonds is 4. The number of nitrogen functional groups attached to an aromatic ring is 1. The van der Waals surface area contributed by atoms with Gasteiger partial charge in [0, 0.05) is 18.1 Å². The van der Waals surface area contributed by atoms with Gasteiger partial charge in [-0.1, -0.05) is 0 Å². The van der Waals surface area contributed by atoms with Crippen LogP contribution in [0.4, 0.5) is 5.69 Å². The van der Waals surface area contributed by atoms with Crippen molar-refractivity contribution in [3.05, 3.63) is 23.2 Å². The van der Waals surface area contributed by atoms with Gasteiger partial charge in [0.15, 0.2) is 0 Å². The number of carbonyl (C=O) groups is 2. The highest BCUT2D eigenvalue weighted by Crippen LogP contribution is 2.31. The van der Waals surface area contributed by atoms with E-state index in [-0.39, 0.29) is 18.4 Å². The SMILES string of the molecule is CCNC(=O)CNC(=O)c1sc2ncccc2c1N. The van der Waals surface area contributed by atoms with E-state index < -0.39 is 0 Å². The fourth-order valence-electron chi connectivity index (χ4n) is 1.62. The van der Waals surface area contributed by atoms with Gasteiger partial charge in [-0.15, -0.1) is 11.3 Å². The number of nitrogens with two attached hydrogens (primary N) is 1. The summed E-state index contributed by atoms with van der Waals surface area (Å²) in [6.45, 7) is 2.28. The Morgan fingerprint density at radius 3 is 2.89 bits per heavy atom. The molecule has 19 heavy (non-hydrogen) atoms. The second-order valence-electron chi connectivity index (χ2n) is 3.84. The number of thiophene rings is 1. The summed E-state index contributed by atoms with van der Waals surface area (Å²) < 4.78 is 0. The van der Waals surface area contributed by atoms with Crippen LogP contribution in [0.3, 0.4) is 0 Å². The molecule has 6 nitrogen and oxygen atoms in total. The van der Waals surface area contributed by atoms with Crippen LogP contribution in [0.25, 0.3) is 10.2 Å². The lowest BCUT2D eigenvalue weighted by Crippen LogP contribution is -2.36. The summed E-state index contributed by atoms with van der Waals surface area (Å²) in [4.78, 5) is 28.5. The highest BCUT2D eigenvalue weighted by molar-refractivity contribution is 7.21. The molecule has 4 N–H and O–H groups in total. The van der Waals surface area contributed by atoms with Crippen LogP contribution in [-0.2, 0) is 4.79 Å². The van der Waals surface area contributed by atoms with Crippen molar-refractivity contribution in [1.29, 1.82) is 0 Å². The molecule has 0 aromatic carbocycles. The normalized spacial score (nSPS) is 10.4. The fraction of sp³-hybridized carbons (Fsp3) is 0.250. The number of carbonyl (C=O) groups excluding carboxylic acids is 2. The van der Waals surface area contributed by atoms with Crippen molar-refractivity contribution in [2.45, 2.75) is 6.92 Å². The van der Waals surface area contributed by atoms with Crippen LogP contribution in [0.5, 0.6) is 0 Å². The van der Waals surface area contributed by atoms with Crippen molar-refractivity contribution in [2.24, 2.45) is 0 Å². The van der Waals surface area contributed by atoms with E-state index in [1.165, 1.54) is 11.3 Å². The Morgan fingerprint density at radius 1 is 1.42 bits per heavy atom. The van der Waals surface area contributed by atoms with Crippen LogP contribution in [-0.4, -0.2) is 29.9 Å². The molecular formula is C12H14N4O2S. The maximum atomic E-state index is 12.0. The maximum Gasteiger partial charge on any atom is 0.264 e. The van der Waals surface area contributed by atoms with Crippen molar-refractivity contribution in [3.8, 4) is 0 Å². The van der Waals surface area contributed by atoms with Gasteiger partial charge in [-0.3, -0.25) is 9.59 Å². The molecule has 0 saturated carbocycles. The topological polar surface area (TPSA) is 97.1 Å². The first kappa shape index (κ1) is 13.3. The standard InChI is InChI=1S/C12H14N4O2S/c1-2-14-8(17)6-16-11(18)10-9(13)7-4-3-5-15-12(7)19-10/h3-5H,2,6,13H2,1H3,(H,14,17)(H,16,18). The van der Waals surface area contributed by atoms with E-state index in [4.69, 9.17) is 5.73 Å². The number of pyridine rings is 1. The summed E-state index contributed by atoms with van der Waals surface area (Å²) in [6, 6.07) is 3.58. The second-order valence-corrected chi connectivity index (χ2v) is 4.84. The van der Waals surface area contributed by atoms with E-state index in [9.17, 15) is 9.59 Å². The van der Waals surface area contributed by atoms with E-state index in [2.05, 4.69) is 15.6 Å². The molecule has 0 aliphatic heterocycles. The van der Waals surface area contributed by atoms with Crippen LogP contribution in [0.1, 0.15) is 16.6 Å². The number of nitrogens with one attached hydrogen (secondary N) is 2. The third-order valence-corrected chi connectivity index (χ3v) is 3.62. The zero-order valence-electron chi connectivity index (χ0n) is 10.4. The van der Waals surface area contributed by atoms with Crippen molar-refractivity contribution < 1.29 is 9.59 Å². The van der Waals surface area contributed by atoms with E-state index in [0.29, 0.717) is 21.9 Å². The molecule has 2 aromatic rings. The molecule has 0 spiro atoms. The summed E-state index contributed by atoms with van der Waals surface area (Å²) in [7, 11) is 0. The first-order valence-electron chi connectivity index (χ1n) is 5.81. The Bertz CT molecular complexity index is 623. The number of fused-ring (bicyclic) bond motifs is 1. The number of hydrogen-bond acceptors (Lipinski definition) is 5. The monoisotopic (exact) mass is 278 g/mol. The largest absolute Gasteiger partial charge is 0.397 e. The zero-order valence-corrected chi connectivity index (χ0v) is 11.2. The van der Waals surface area contributed by atoms with Crippen molar-refractivity contribution in [1.82, 2.24) is 15.6 Å². The maximum absolute atomic E-state index is 12.0. The minimum absolute atomic E-state index is 0.0617. The van der Waals surface area contributed by atoms with Crippen molar-refractivity contribution >= 4 is 39.1 Å². The quantitative estimate of drug-likeness (QED) is 0.768. The lowest BCUT2D eigenvalue weighted by Gasteiger charge is -2.04. The number of amides is 2. The van der Waals surface area contributed by atoms with Gasteiger partial charge in [0.2, 0.25) is 5.91 Å². The Kier molecular flexibility index (Phi) is 3.96. The number of hydrogen-bond donors (Lipinski definition) is 3. The smallest absolute Gasteiger partial charge is 0.264 e. The predicted molar refractivity (Wildman–Crippen MR) is 75.0 cm³/mol. The molecule has 0 fully saturated rings. The Hall–Kier alpha value is -2.15. The number of aromatic nitrogens is 1. The molecule has 0 aliphatic rings. The van der Waals surface area contributed by atoms with Gasteiger partial charge in [-0.2, -0.15) is 0 Å². The van der Waals surface area contributed by atoms with Crippen LogP contribution < -0.4 is 16.4 Å². The minimum atomic E-state index is -0.355. The Morgan fingerprint density at radius 2 is 2.21 bits per heavy atom. The number of nitrogens with zero attached hydrogens (tertiary/aromatic N) is 1. The first-order chi connectivity index (χ1) is 9.13. The molecule has 2 heterocycles. The van der Waals surface area contributed by atoms with Gasteiger partial charge < -0.3 is 16.4 Å². The third-order valence-electron chi connectivity index (χ3n) is 2.49. The van der Waals surface area contributed by atoms with Gasteiger partial charge in [0.05, 0.1) is 12.2 Å². The van der Waals surface area contributed by atoms with Gasteiger partial charge in [0.25, 0.3) is 5.91 Å². The Labute approximate surface area is 114 Å². The summed E-state index contributed by atoms with van der Waals surface area (Å²) in [5.74, 6) is -0.583. The Balaban J connectivity index is 2.13. The molecule has 2 amide bonds. The summed E-state index contributed by atoms with van der Waals surface area (Å²) in [5, 5.41) is 5.90. The van der Waals surface area contributed by atoms with E-state index in [1.54, 1.807) is 12.3 Å². The fourth-order valence-corrected chi connectivity index (χ4v) is 2.60. The van der Waals surface area contributed by atoms with E-state index in [0.717, 1.165) is 5.39 Å². The van der Waals surface area contributed by atoms with Crippen LogP contribution in [0.2, 0.25) is 0 Å². The third kappa shape index (κ3) is 2.82. The average Bonchev–Trinajstić information content (AvgIpc) is 2.74. The van der Waals surface area contributed by atoms with Gasteiger partial charge in [-0.05, 0) is 19.1 Å². The predicted octanol–water partition coefficient (Wildman–Crippen LogP) is 0.744. The zero-order chi connectivity index (χ0) is 13.8. The first-order valence-corrected chi connectivity index (χ1v) is 6.63. The molecule has 0 atom stereocenters. The molecule has 2 aromatic heterocycles. The van der Waals surface area contributed by atoms with Crippen LogP contribution in [0, 0.1) is 0 Å². The molecule has 0 saturated heterocycles. The van der Waals surface area contributed by atoms with E-state index in [1.807, 2.05) is 13.0 Å². The molecule has 0 unspecified atom stereocenters. The van der Waals surface area contributed by atoms with E-state index >= 15 is 0 Å². The molecule has 100 valence electrons. The summed E-state index contributed by atoms with van der Waals surface area (Å²) in [6.07, 6.45) is 1.65. The molecule has 0 aliphatic carbocycles. The lowest BCUT2D eigenvalue weighted by molar-refractivity contribution is -0.120. The summed E-state index contributed by atoms with van der Waals surface area (Å²) in [5.41, 5.74) is 6.32. The molecular weight excluding hydrogens is 264 g/mol. The minimum Gasteiger partial charge on any atom is -0.397 e. The van der Waals surface area contributed by atoms with Gasteiger partial charge in [0.1, 0.15) is 9.71 Å². The molecule has 7 heteroatoms. The highest BCUT2D eigenvalue weighted by atomic mass is 32.1. The van der Waals surface area contributed by atoms with Crippen molar-refractivity contribution in [2.75, 3.05) is 18.8 Å². The molecule has 0 bridgehead atoms. The lowest BCUT2D eigenvalue weighted by atomic mass is 10.2. The number of likely N-dealkylation sites (N-methyl/N-ethyl adjacent to an activating group) is 1. The number of anilines is 1. The van der Waals surface area contributed by atoms with Crippen LogP contribution >= 0.6 is 11.3 Å². The summed E-state index contributed by atoms with van der Waals surface area (Å²) >= 11 is 1.22. The van der Waals surface area contributed by atoms with Crippen molar-refractivity contribution in [3.63, 3.8) is 0 Å². The average molecular weight is 278 g/mol.